The third-order valence-corrected chi connectivity index (χ3v) is 5.34. The van der Waals surface area contributed by atoms with Crippen LogP contribution in [0.4, 0.5) is 0 Å². The van der Waals surface area contributed by atoms with Gasteiger partial charge in [-0.3, -0.25) is 4.79 Å². The first-order valence-corrected chi connectivity index (χ1v) is 9.00. The predicted octanol–water partition coefficient (Wildman–Crippen LogP) is 3.60. The maximum atomic E-state index is 12.6. The number of rotatable bonds is 2. The van der Waals surface area contributed by atoms with Crippen LogP contribution in [0, 0.1) is 0 Å². The van der Waals surface area contributed by atoms with E-state index in [2.05, 4.69) is 5.16 Å². The van der Waals surface area contributed by atoms with Crippen molar-refractivity contribution in [3.8, 4) is 5.75 Å². The van der Waals surface area contributed by atoms with Crippen LogP contribution in [0.5, 0.6) is 5.75 Å². The van der Waals surface area contributed by atoms with Crippen molar-refractivity contribution in [1.82, 2.24) is 4.90 Å². The van der Waals surface area contributed by atoms with Crippen LogP contribution in [0.15, 0.2) is 59.8 Å². The van der Waals surface area contributed by atoms with Crippen molar-refractivity contribution in [3.63, 3.8) is 0 Å². The quantitative estimate of drug-likeness (QED) is 0.665. The molecule has 0 radical (unpaired) electrons. The SMILES string of the molecule is O=C1CC[C@@]2(CCN1Cc1ccccc1)C/C(=N/O)c1ccccc1O2. The van der Waals surface area contributed by atoms with Gasteiger partial charge in [-0.1, -0.05) is 47.6 Å². The van der Waals surface area contributed by atoms with E-state index < -0.39 is 5.60 Å². The molecule has 2 heterocycles. The molecular formula is C21H22N2O3. The van der Waals surface area contributed by atoms with Crippen LogP contribution >= 0.6 is 0 Å². The van der Waals surface area contributed by atoms with Crippen LogP contribution in [0.25, 0.3) is 0 Å². The lowest BCUT2D eigenvalue weighted by atomic mass is 9.84. The zero-order valence-corrected chi connectivity index (χ0v) is 14.6. The number of oxime groups is 1. The van der Waals surface area contributed by atoms with Crippen molar-refractivity contribution < 1.29 is 14.7 Å². The molecule has 134 valence electrons. The van der Waals surface area contributed by atoms with Gasteiger partial charge >= 0.3 is 0 Å². The Morgan fingerprint density at radius 1 is 1.08 bits per heavy atom. The molecule has 0 saturated carbocycles. The summed E-state index contributed by atoms with van der Waals surface area (Å²) >= 11 is 0. The van der Waals surface area contributed by atoms with Crippen molar-refractivity contribution >= 4 is 11.6 Å². The molecule has 26 heavy (non-hydrogen) atoms. The van der Waals surface area contributed by atoms with Gasteiger partial charge < -0.3 is 14.8 Å². The largest absolute Gasteiger partial charge is 0.486 e. The highest BCUT2D eigenvalue weighted by Crippen LogP contribution is 2.39. The van der Waals surface area contributed by atoms with Crippen LogP contribution < -0.4 is 4.74 Å². The molecule has 1 N–H and O–H groups in total. The topological polar surface area (TPSA) is 62.1 Å². The lowest BCUT2D eigenvalue weighted by molar-refractivity contribution is -0.131. The minimum absolute atomic E-state index is 0.149. The van der Waals surface area contributed by atoms with Gasteiger partial charge in [0, 0.05) is 37.9 Å². The molecule has 0 bridgehead atoms. The molecular weight excluding hydrogens is 328 g/mol. The average Bonchev–Trinajstić information content (AvgIpc) is 2.82. The number of hydrogen-bond acceptors (Lipinski definition) is 4. The van der Waals surface area contributed by atoms with Crippen LogP contribution in [-0.4, -0.2) is 33.9 Å². The smallest absolute Gasteiger partial charge is 0.223 e. The number of nitrogens with zero attached hydrogens (tertiary/aromatic N) is 2. The number of carbonyl (C=O) groups excluding carboxylic acids is 1. The maximum Gasteiger partial charge on any atom is 0.223 e. The molecule has 5 heteroatoms. The Balaban J connectivity index is 1.55. The van der Waals surface area contributed by atoms with E-state index in [1.807, 2.05) is 59.5 Å². The van der Waals surface area contributed by atoms with Gasteiger partial charge in [-0.25, -0.2) is 0 Å². The Labute approximate surface area is 152 Å². The van der Waals surface area contributed by atoms with Crippen LogP contribution in [0.2, 0.25) is 0 Å². The van der Waals surface area contributed by atoms with Crippen LogP contribution in [0.1, 0.15) is 36.8 Å². The highest BCUT2D eigenvalue weighted by molar-refractivity contribution is 6.04. The van der Waals surface area contributed by atoms with Gasteiger partial charge in [0.25, 0.3) is 0 Å². The number of carbonyl (C=O) groups is 1. The van der Waals surface area contributed by atoms with Gasteiger partial charge in [-0.05, 0) is 24.1 Å². The predicted molar refractivity (Wildman–Crippen MR) is 98.5 cm³/mol. The number of benzene rings is 2. The van der Waals surface area contributed by atoms with Crippen molar-refractivity contribution in [3.05, 3.63) is 65.7 Å². The van der Waals surface area contributed by atoms with E-state index in [0.29, 0.717) is 38.1 Å². The lowest BCUT2D eigenvalue weighted by Crippen LogP contribution is -2.43. The van der Waals surface area contributed by atoms with E-state index in [1.165, 1.54) is 0 Å². The first kappa shape index (κ1) is 16.6. The Bertz CT molecular complexity index is 834. The van der Waals surface area contributed by atoms with E-state index >= 15 is 0 Å². The molecule has 1 spiro atoms. The fraction of sp³-hybridized carbons (Fsp3) is 0.333. The summed E-state index contributed by atoms with van der Waals surface area (Å²) in [6.07, 6.45) is 2.31. The van der Waals surface area contributed by atoms with E-state index in [9.17, 15) is 10.0 Å². The molecule has 1 saturated heterocycles. The molecule has 2 aromatic carbocycles. The van der Waals surface area contributed by atoms with Crippen molar-refractivity contribution in [2.24, 2.45) is 5.16 Å². The number of para-hydroxylation sites is 1. The lowest BCUT2D eigenvalue weighted by Gasteiger charge is -2.38. The molecule has 2 aliphatic rings. The number of fused-ring (bicyclic) bond motifs is 1. The summed E-state index contributed by atoms with van der Waals surface area (Å²) in [5.41, 5.74) is 2.11. The molecule has 4 rings (SSSR count). The molecule has 2 aromatic rings. The highest BCUT2D eigenvalue weighted by atomic mass is 16.5. The fourth-order valence-corrected chi connectivity index (χ4v) is 3.88. The fourth-order valence-electron chi connectivity index (χ4n) is 3.88. The highest BCUT2D eigenvalue weighted by Gasteiger charge is 2.42. The number of hydrogen-bond donors (Lipinski definition) is 1. The molecule has 1 fully saturated rings. The van der Waals surface area contributed by atoms with Crippen molar-refractivity contribution in [1.29, 1.82) is 0 Å². The molecule has 0 aliphatic carbocycles. The number of amides is 1. The molecule has 1 atom stereocenters. The van der Waals surface area contributed by atoms with E-state index in [-0.39, 0.29) is 5.91 Å². The third kappa shape index (κ3) is 3.17. The van der Waals surface area contributed by atoms with E-state index in [4.69, 9.17) is 4.74 Å². The molecule has 0 unspecified atom stereocenters. The average molecular weight is 350 g/mol. The van der Waals surface area contributed by atoms with Gasteiger partial charge in [0.2, 0.25) is 5.91 Å². The minimum Gasteiger partial charge on any atom is -0.486 e. The normalized spacial score (nSPS) is 24.2. The van der Waals surface area contributed by atoms with E-state index in [0.717, 1.165) is 23.3 Å². The van der Waals surface area contributed by atoms with Gasteiger partial charge in [0.1, 0.15) is 11.4 Å². The van der Waals surface area contributed by atoms with E-state index in [1.54, 1.807) is 0 Å². The van der Waals surface area contributed by atoms with Crippen molar-refractivity contribution in [2.45, 2.75) is 37.8 Å². The zero-order valence-electron chi connectivity index (χ0n) is 14.6. The summed E-state index contributed by atoms with van der Waals surface area (Å²) in [6, 6.07) is 17.7. The number of likely N-dealkylation sites (tertiary alicyclic amines) is 1. The first-order chi connectivity index (χ1) is 12.7. The molecule has 5 nitrogen and oxygen atoms in total. The van der Waals surface area contributed by atoms with Crippen molar-refractivity contribution in [2.75, 3.05) is 6.54 Å². The maximum absolute atomic E-state index is 12.6. The second-order valence-electron chi connectivity index (χ2n) is 7.06. The Morgan fingerprint density at radius 2 is 1.85 bits per heavy atom. The summed E-state index contributed by atoms with van der Waals surface area (Å²) < 4.78 is 6.35. The minimum atomic E-state index is -0.489. The third-order valence-electron chi connectivity index (χ3n) is 5.34. The van der Waals surface area contributed by atoms with Gasteiger partial charge in [0.15, 0.2) is 0 Å². The molecule has 0 aromatic heterocycles. The number of ether oxygens (including phenoxy) is 1. The first-order valence-electron chi connectivity index (χ1n) is 9.00. The summed E-state index contributed by atoms with van der Waals surface area (Å²) in [6.45, 7) is 1.25. The monoisotopic (exact) mass is 350 g/mol. The molecule has 1 amide bonds. The standard InChI is InChI=1S/C21H22N2O3/c24-20-10-11-21(12-13-23(20)15-16-6-2-1-3-7-16)14-18(22-25)17-8-4-5-9-19(17)26-21/h1-9,25H,10-15H2/b22-18-/t21-/m1/s1. The second kappa shape index (κ2) is 6.83. The summed E-state index contributed by atoms with van der Waals surface area (Å²) in [4.78, 5) is 14.5. The summed E-state index contributed by atoms with van der Waals surface area (Å²) in [5.74, 6) is 0.881. The van der Waals surface area contributed by atoms with Crippen LogP contribution in [-0.2, 0) is 11.3 Å². The Kier molecular flexibility index (Phi) is 4.37. The Hall–Kier alpha value is -2.82. The molecule has 2 aliphatic heterocycles. The summed E-state index contributed by atoms with van der Waals surface area (Å²) in [5, 5.41) is 13.0. The summed E-state index contributed by atoms with van der Waals surface area (Å²) in [7, 11) is 0. The van der Waals surface area contributed by atoms with Crippen LogP contribution in [0.3, 0.4) is 0 Å². The zero-order chi connectivity index (χ0) is 18.0. The Morgan fingerprint density at radius 3 is 2.65 bits per heavy atom. The van der Waals surface area contributed by atoms with Gasteiger partial charge in [-0.15, -0.1) is 0 Å². The second-order valence-corrected chi connectivity index (χ2v) is 7.06. The van der Waals surface area contributed by atoms with Gasteiger partial charge in [0.05, 0.1) is 5.71 Å². The van der Waals surface area contributed by atoms with Gasteiger partial charge in [-0.2, -0.15) is 0 Å².